The number of amides is 1. The van der Waals surface area contributed by atoms with Gasteiger partial charge in [-0.1, -0.05) is 29.2 Å². The summed E-state index contributed by atoms with van der Waals surface area (Å²) in [6.07, 6.45) is 3.40. The minimum absolute atomic E-state index is 0.157. The first-order valence-electron chi connectivity index (χ1n) is 7.47. The largest absolute Gasteiger partial charge is 0.342 e. The number of aromatic nitrogens is 2. The van der Waals surface area contributed by atoms with Gasteiger partial charge in [-0.2, -0.15) is 0 Å². The van der Waals surface area contributed by atoms with E-state index in [4.69, 9.17) is 0 Å². The summed E-state index contributed by atoms with van der Waals surface area (Å²) in [6, 6.07) is 6.18. The second kappa shape index (κ2) is 7.74. The summed E-state index contributed by atoms with van der Waals surface area (Å²) < 4.78 is 13.9. The van der Waals surface area contributed by atoms with Crippen LogP contribution >= 0.6 is 23.1 Å². The second-order valence-corrected chi connectivity index (χ2v) is 7.44. The van der Waals surface area contributed by atoms with Crippen LogP contribution in [0.5, 0.6) is 0 Å². The van der Waals surface area contributed by atoms with E-state index in [0.717, 1.165) is 30.3 Å². The summed E-state index contributed by atoms with van der Waals surface area (Å²) in [7, 11) is 0. The van der Waals surface area contributed by atoms with Crippen LogP contribution < -0.4 is 5.32 Å². The van der Waals surface area contributed by atoms with Crippen molar-refractivity contribution in [3.63, 3.8) is 0 Å². The summed E-state index contributed by atoms with van der Waals surface area (Å²) in [5, 5.41) is 11.7. The van der Waals surface area contributed by atoms with E-state index >= 15 is 0 Å². The molecule has 5 nitrogen and oxygen atoms in total. The van der Waals surface area contributed by atoms with Crippen molar-refractivity contribution in [3.8, 4) is 0 Å². The molecule has 0 bridgehead atoms. The second-order valence-electron chi connectivity index (χ2n) is 5.24. The fourth-order valence-corrected chi connectivity index (χ4v) is 4.04. The molecule has 1 amide bonds. The molecule has 2 heterocycles. The molecular formula is C15H17FN4OS2. The Morgan fingerprint density at radius 3 is 2.91 bits per heavy atom. The Hall–Kier alpha value is -1.67. The Morgan fingerprint density at radius 1 is 1.30 bits per heavy atom. The van der Waals surface area contributed by atoms with E-state index in [1.807, 2.05) is 4.90 Å². The van der Waals surface area contributed by atoms with Gasteiger partial charge in [0.25, 0.3) is 0 Å². The molecule has 1 aliphatic heterocycles. The number of halogens is 1. The van der Waals surface area contributed by atoms with Crippen molar-refractivity contribution in [2.24, 2.45) is 0 Å². The SMILES string of the molecule is O=C(CSc1nnc(Nc2cccc(F)c2)s1)N1CCCCC1. The molecule has 0 aliphatic carbocycles. The van der Waals surface area contributed by atoms with E-state index in [2.05, 4.69) is 15.5 Å². The van der Waals surface area contributed by atoms with Crippen molar-refractivity contribution in [3.05, 3.63) is 30.1 Å². The Kier molecular flexibility index (Phi) is 5.45. The van der Waals surface area contributed by atoms with E-state index in [9.17, 15) is 9.18 Å². The molecule has 0 unspecified atom stereocenters. The van der Waals surface area contributed by atoms with Crippen molar-refractivity contribution in [2.45, 2.75) is 23.6 Å². The molecule has 0 spiro atoms. The predicted octanol–water partition coefficient (Wildman–Crippen LogP) is 3.53. The van der Waals surface area contributed by atoms with E-state index in [1.54, 1.807) is 12.1 Å². The number of benzene rings is 1. The van der Waals surface area contributed by atoms with Crippen molar-refractivity contribution in [1.82, 2.24) is 15.1 Å². The standard InChI is InChI=1S/C15H17FN4OS2/c16-11-5-4-6-12(9-11)17-14-18-19-15(23-14)22-10-13(21)20-7-2-1-3-8-20/h4-6,9H,1-3,7-8,10H2,(H,17,18). The average Bonchev–Trinajstić information content (AvgIpc) is 3.01. The van der Waals surface area contributed by atoms with E-state index < -0.39 is 0 Å². The topological polar surface area (TPSA) is 58.1 Å². The van der Waals surface area contributed by atoms with Gasteiger partial charge in [0.05, 0.1) is 5.75 Å². The van der Waals surface area contributed by atoms with Gasteiger partial charge in [0.1, 0.15) is 5.82 Å². The lowest BCUT2D eigenvalue weighted by Gasteiger charge is -2.26. The lowest BCUT2D eigenvalue weighted by molar-refractivity contribution is -0.129. The van der Waals surface area contributed by atoms with Crippen LogP contribution in [-0.4, -0.2) is 39.8 Å². The Bertz CT molecular complexity index is 673. The zero-order chi connectivity index (χ0) is 16.1. The molecule has 2 aromatic rings. The van der Waals surface area contributed by atoms with Crippen molar-refractivity contribution in [1.29, 1.82) is 0 Å². The summed E-state index contributed by atoms with van der Waals surface area (Å²) in [6.45, 7) is 1.73. The first-order valence-corrected chi connectivity index (χ1v) is 9.27. The number of nitrogens with zero attached hydrogens (tertiary/aromatic N) is 3. The Labute approximate surface area is 142 Å². The minimum Gasteiger partial charge on any atom is -0.342 e. The number of nitrogens with one attached hydrogen (secondary N) is 1. The van der Waals surface area contributed by atoms with Gasteiger partial charge in [-0.25, -0.2) is 4.39 Å². The van der Waals surface area contributed by atoms with Crippen molar-refractivity contribution >= 4 is 39.8 Å². The maximum atomic E-state index is 13.1. The monoisotopic (exact) mass is 352 g/mol. The Balaban J connectivity index is 1.52. The minimum atomic E-state index is -0.304. The molecule has 122 valence electrons. The van der Waals surface area contributed by atoms with Gasteiger partial charge in [-0.05, 0) is 37.5 Å². The van der Waals surface area contributed by atoms with Crippen LogP contribution in [0.4, 0.5) is 15.2 Å². The van der Waals surface area contributed by atoms with Crippen LogP contribution in [0.3, 0.4) is 0 Å². The normalized spacial score (nSPS) is 14.7. The van der Waals surface area contributed by atoms with Gasteiger partial charge in [0, 0.05) is 18.8 Å². The molecule has 1 N–H and O–H groups in total. The summed E-state index contributed by atoms with van der Waals surface area (Å²) in [5.74, 6) is 0.236. The number of hydrogen-bond acceptors (Lipinski definition) is 6. The van der Waals surface area contributed by atoms with Crippen molar-refractivity contribution < 1.29 is 9.18 Å². The predicted molar refractivity (Wildman–Crippen MR) is 90.7 cm³/mol. The number of carbonyl (C=O) groups excluding carboxylic acids is 1. The molecule has 0 radical (unpaired) electrons. The zero-order valence-electron chi connectivity index (χ0n) is 12.5. The average molecular weight is 352 g/mol. The van der Waals surface area contributed by atoms with Gasteiger partial charge in [0.15, 0.2) is 4.34 Å². The van der Waals surface area contributed by atoms with E-state index in [-0.39, 0.29) is 11.7 Å². The molecule has 0 atom stereocenters. The fourth-order valence-electron chi connectivity index (χ4n) is 2.37. The lowest BCUT2D eigenvalue weighted by Crippen LogP contribution is -2.36. The maximum Gasteiger partial charge on any atom is 0.233 e. The Morgan fingerprint density at radius 2 is 2.13 bits per heavy atom. The lowest BCUT2D eigenvalue weighted by atomic mass is 10.1. The quantitative estimate of drug-likeness (QED) is 0.834. The molecule has 1 aliphatic rings. The number of thioether (sulfide) groups is 1. The highest BCUT2D eigenvalue weighted by Crippen LogP contribution is 2.28. The highest BCUT2D eigenvalue weighted by molar-refractivity contribution is 8.01. The highest BCUT2D eigenvalue weighted by atomic mass is 32.2. The molecule has 3 rings (SSSR count). The van der Waals surface area contributed by atoms with Crippen LogP contribution in [-0.2, 0) is 4.79 Å². The molecule has 1 fully saturated rings. The third-order valence-electron chi connectivity index (χ3n) is 3.51. The number of carbonyl (C=O) groups is 1. The number of rotatable bonds is 5. The molecule has 0 saturated carbocycles. The first-order chi connectivity index (χ1) is 11.2. The molecule has 8 heteroatoms. The first kappa shape index (κ1) is 16.2. The fraction of sp³-hybridized carbons (Fsp3) is 0.400. The summed E-state index contributed by atoms with van der Waals surface area (Å²) >= 11 is 2.76. The summed E-state index contributed by atoms with van der Waals surface area (Å²) in [4.78, 5) is 14.0. The number of piperidine rings is 1. The number of anilines is 2. The van der Waals surface area contributed by atoms with Crippen LogP contribution in [0.15, 0.2) is 28.6 Å². The van der Waals surface area contributed by atoms with Gasteiger partial charge in [-0.15, -0.1) is 10.2 Å². The van der Waals surface area contributed by atoms with Crippen LogP contribution in [0.25, 0.3) is 0 Å². The van der Waals surface area contributed by atoms with E-state index in [0.29, 0.717) is 16.6 Å². The smallest absolute Gasteiger partial charge is 0.233 e. The number of hydrogen-bond donors (Lipinski definition) is 1. The van der Waals surface area contributed by atoms with Gasteiger partial charge >= 0.3 is 0 Å². The maximum absolute atomic E-state index is 13.1. The molecule has 1 aromatic carbocycles. The van der Waals surface area contributed by atoms with Crippen LogP contribution in [0, 0.1) is 5.82 Å². The third-order valence-corrected chi connectivity index (χ3v) is 5.47. The zero-order valence-corrected chi connectivity index (χ0v) is 14.1. The van der Waals surface area contributed by atoms with Crippen molar-refractivity contribution in [2.75, 3.05) is 24.2 Å². The van der Waals surface area contributed by atoms with Gasteiger partial charge in [-0.3, -0.25) is 4.79 Å². The molecule has 23 heavy (non-hydrogen) atoms. The van der Waals surface area contributed by atoms with Crippen LogP contribution in [0.1, 0.15) is 19.3 Å². The molecule has 1 aromatic heterocycles. The third kappa shape index (κ3) is 4.65. The van der Waals surface area contributed by atoms with Gasteiger partial charge in [0.2, 0.25) is 11.0 Å². The van der Waals surface area contributed by atoms with Crippen LogP contribution in [0.2, 0.25) is 0 Å². The summed E-state index contributed by atoms with van der Waals surface area (Å²) in [5.41, 5.74) is 0.627. The molecule has 1 saturated heterocycles. The molecular weight excluding hydrogens is 335 g/mol. The van der Waals surface area contributed by atoms with Gasteiger partial charge < -0.3 is 10.2 Å². The van der Waals surface area contributed by atoms with E-state index in [1.165, 1.54) is 41.7 Å². The number of likely N-dealkylation sites (tertiary alicyclic amines) is 1. The highest BCUT2D eigenvalue weighted by Gasteiger charge is 2.17.